The minimum atomic E-state index is -1.20. The van der Waals surface area contributed by atoms with Crippen LogP contribution in [-0.2, 0) is 4.74 Å². The molecule has 0 bridgehead atoms. The minimum Gasteiger partial charge on any atom is -0.475 e. The Hall–Kier alpha value is -2.60. The van der Waals surface area contributed by atoms with Gasteiger partial charge in [0, 0.05) is 0 Å². The first-order valence-corrected chi connectivity index (χ1v) is 7.70. The van der Waals surface area contributed by atoms with Crippen LogP contribution in [-0.4, -0.2) is 40.6 Å². The number of hydrogen-bond acceptors (Lipinski definition) is 4. The van der Waals surface area contributed by atoms with Crippen LogP contribution in [0.25, 0.3) is 0 Å². The number of benzene rings is 1. The van der Waals surface area contributed by atoms with Crippen LogP contribution in [0.2, 0.25) is 0 Å². The van der Waals surface area contributed by atoms with Gasteiger partial charge in [0.2, 0.25) is 5.76 Å². The number of ether oxygens (including phenoxy) is 1. The quantitative estimate of drug-likeness (QED) is 0.936. The van der Waals surface area contributed by atoms with Crippen molar-refractivity contribution in [2.45, 2.75) is 25.5 Å². The summed E-state index contributed by atoms with van der Waals surface area (Å²) in [6.45, 7) is 4.57. The first-order valence-electron chi connectivity index (χ1n) is 7.70. The second kappa shape index (κ2) is 6.13. The van der Waals surface area contributed by atoms with Crippen LogP contribution in [0.5, 0.6) is 0 Å². The average Bonchev–Trinajstić information content (AvgIpc) is 3.05. The molecule has 1 N–H and O–H groups in total. The number of hydrogen-bond donors (Lipinski definition) is 1. The van der Waals surface area contributed by atoms with Crippen molar-refractivity contribution in [3.05, 3.63) is 59.5 Å². The van der Waals surface area contributed by atoms with Crippen molar-refractivity contribution in [1.82, 2.24) is 4.90 Å². The van der Waals surface area contributed by atoms with E-state index in [1.54, 1.807) is 4.90 Å². The van der Waals surface area contributed by atoms with Gasteiger partial charge in [-0.3, -0.25) is 4.79 Å². The van der Waals surface area contributed by atoms with Crippen LogP contribution in [0, 0.1) is 0 Å². The molecule has 0 saturated carbocycles. The van der Waals surface area contributed by atoms with Crippen molar-refractivity contribution < 1.29 is 23.8 Å². The fraction of sp³-hybridized carbons (Fsp3) is 0.333. The Bertz CT molecular complexity index is 750. The fourth-order valence-corrected chi connectivity index (χ4v) is 2.78. The average molecular weight is 329 g/mol. The van der Waals surface area contributed by atoms with Gasteiger partial charge >= 0.3 is 5.97 Å². The standard InChI is InChI=1S/C18H19NO5/c1-18(2)11-23-15(12-6-4-3-5-7-12)10-19(18)16(20)13-8-9-14(24-13)17(21)22/h3-9,15H,10-11H2,1-2H3,(H,21,22)/t15-/m1/s1. The molecule has 1 atom stereocenters. The Morgan fingerprint density at radius 3 is 2.42 bits per heavy atom. The van der Waals surface area contributed by atoms with Gasteiger partial charge in [0.1, 0.15) is 6.10 Å². The fourth-order valence-electron chi connectivity index (χ4n) is 2.78. The van der Waals surface area contributed by atoms with Crippen molar-refractivity contribution in [1.29, 1.82) is 0 Å². The molecule has 3 rings (SSSR count). The SMILES string of the molecule is CC1(C)CO[C@@H](c2ccccc2)CN1C(=O)c1ccc(C(=O)O)o1. The van der Waals surface area contributed by atoms with Gasteiger partial charge in [-0.2, -0.15) is 0 Å². The molecule has 1 aromatic carbocycles. The number of amides is 1. The first kappa shape index (κ1) is 16.3. The number of carboxylic acid groups (broad SMARTS) is 1. The molecule has 0 aliphatic carbocycles. The summed E-state index contributed by atoms with van der Waals surface area (Å²) in [5.74, 6) is -1.76. The molecule has 0 unspecified atom stereocenters. The molecule has 1 aliphatic heterocycles. The van der Waals surface area contributed by atoms with Crippen molar-refractivity contribution in [3.63, 3.8) is 0 Å². The summed E-state index contributed by atoms with van der Waals surface area (Å²) in [4.78, 5) is 25.4. The zero-order valence-corrected chi connectivity index (χ0v) is 13.6. The smallest absolute Gasteiger partial charge is 0.371 e. The Labute approximate surface area is 139 Å². The molecule has 24 heavy (non-hydrogen) atoms. The third-order valence-electron chi connectivity index (χ3n) is 4.16. The summed E-state index contributed by atoms with van der Waals surface area (Å²) in [6.07, 6.45) is -0.225. The van der Waals surface area contributed by atoms with Crippen molar-refractivity contribution in [3.8, 4) is 0 Å². The van der Waals surface area contributed by atoms with Crippen molar-refractivity contribution in [2.24, 2.45) is 0 Å². The molecule has 1 aliphatic rings. The summed E-state index contributed by atoms with van der Waals surface area (Å²) >= 11 is 0. The molecular formula is C18H19NO5. The summed E-state index contributed by atoms with van der Waals surface area (Å²) in [5.41, 5.74) is 0.481. The van der Waals surface area contributed by atoms with Gasteiger partial charge in [-0.05, 0) is 31.5 Å². The number of furan rings is 1. The minimum absolute atomic E-state index is 0.0224. The maximum absolute atomic E-state index is 12.8. The normalized spacial score (nSPS) is 19.9. The highest BCUT2D eigenvalue weighted by atomic mass is 16.5. The predicted octanol–water partition coefficient (Wildman–Crippen LogP) is 2.97. The zero-order valence-electron chi connectivity index (χ0n) is 13.6. The summed E-state index contributed by atoms with van der Waals surface area (Å²) < 4.78 is 11.1. The van der Waals surface area contributed by atoms with Gasteiger partial charge in [0.15, 0.2) is 5.76 Å². The third kappa shape index (κ3) is 3.05. The van der Waals surface area contributed by atoms with E-state index < -0.39 is 11.5 Å². The molecule has 0 radical (unpaired) electrons. The number of nitrogens with zero attached hydrogens (tertiary/aromatic N) is 1. The lowest BCUT2D eigenvalue weighted by Crippen LogP contribution is -2.56. The van der Waals surface area contributed by atoms with Gasteiger partial charge in [-0.25, -0.2) is 4.79 Å². The molecule has 2 aromatic rings. The molecule has 126 valence electrons. The molecule has 1 saturated heterocycles. The van der Waals surface area contributed by atoms with Crippen LogP contribution < -0.4 is 0 Å². The van der Waals surface area contributed by atoms with E-state index in [-0.39, 0.29) is 23.5 Å². The number of rotatable bonds is 3. The number of aromatic carboxylic acids is 1. The number of carbonyl (C=O) groups is 2. The first-order chi connectivity index (χ1) is 11.4. The Kier molecular flexibility index (Phi) is 4.15. The van der Waals surface area contributed by atoms with Gasteiger partial charge in [0.05, 0.1) is 18.7 Å². The van der Waals surface area contributed by atoms with E-state index in [2.05, 4.69) is 0 Å². The van der Waals surface area contributed by atoms with E-state index >= 15 is 0 Å². The van der Waals surface area contributed by atoms with Crippen molar-refractivity contribution in [2.75, 3.05) is 13.2 Å². The monoisotopic (exact) mass is 329 g/mol. The van der Waals surface area contributed by atoms with Crippen LogP contribution >= 0.6 is 0 Å². The zero-order chi connectivity index (χ0) is 17.3. The molecule has 1 fully saturated rings. The summed E-state index contributed by atoms with van der Waals surface area (Å²) in [7, 11) is 0. The lowest BCUT2D eigenvalue weighted by atomic mass is 9.97. The maximum atomic E-state index is 12.8. The number of carbonyl (C=O) groups excluding carboxylic acids is 1. The van der Waals surface area contributed by atoms with E-state index in [1.807, 2.05) is 44.2 Å². The second-order valence-electron chi connectivity index (χ2n) is 6.41. The van der Waals surface area contributed by atoms with Gasteiger partial charge in [-0.1, -0.05) is 30.3 Å². The number of morpholine rings is 1. The Balaban J connectivity index is 1.85. The van der Waals surface area contributed by atoms with Crippen LogP contribution in [0.3, 0.4) is 0 Å². The van der Waals surface area contributed by atoms with Crippen LogP contribution in [0.1, 0.15) is 46.6 Å². The lowest BCUT2D eigenvalue weighted by molar-refractivity contribution is -0.0854. The Morgan fingerprint density at radius 1 is 1.12 bits per heavy atom. The second-order valence-corrected chi connectivity index (χ2v) is 6.41. The number of carboxylic acids is 1. The van der Waals surface area contributed by atoms with Gasteiger partial charge in [0.25, 0.3) is 5.91 Å². The van der Waals surface area contributed by atoms with Gasteiger partial charge < -0.3 is 19.2 Å². The van der Waals surface area contributed by atoms with Crippen molar-refractivity contribution >= 4 is 11.9 Å². The molecule has 6 nitrogen and oxygen atoms in total. The van der Waals surface area contributed by atoms with E-state index in [0.29, 0.717) is 13.2 Å². The van der Waals surface area contributed by atoms with E-state index in [9.17, 15) is 9.59 Å². The molecule has 1 aromatic heterocycles. The highest BCUT2D eigenvalue weighted by Gasteiger charge is 2.40. The highest BCUT2D eigenvalue weighted by molar-refractivity contribution is 5.94. The third-order valence-corrected chi connectivity index (χ3v) is 4.16. The molecular weight excluding hydrogens is 310 g/mol. The Morgan fingerprint density at radius 2 is 1.79 bits per heavy atom. The predicted molar refractivity (Wildman–Crippen MR) is 85.9 cm³/mol. The molecule has 1 amide bonds. The van der Waals surface area contributed by atoms with E-state index in [0.717, 1.165) is 5.56 Å². The van der Waals surface area contributed by atoms with E-state index in [1.165, 1.54) is 12.1 Å². The summed E-state index contributed by atoms with van der Waals surface area (Å²) in [6, 6.07) is 12.4. The highest BCUT2D eigenvalue weighted by Crippen LogP contribution is 2.31. The van der Waals surface area contributed by atoms with Crippen LogP contribution in [0.15, 0.2) is 46.9 Å². The topological polar surface area (TPSA) is 80.0 Å². The lowest BCUT2D eigenvalue weighted by Gasteiger charge is -2.45. The largest absolute Gasteiger partial charge is 0.475 e. The van der Waals surface area contributed by atoms with E-state index in [4.69, 9.17) is 14.3 Å². The molecule has 0 spiro atoms. The maximum Gasteiger partial charge on any atom is 0.371 e. The molecule has 6 heteroatoms. The van der Waals surface area contributed by atoms with Crippen LogP contribution in [0.4, 0.5) is 0 Å². The summed E-state index contributed by atoms with van der Waals surface area (Å²) in [5, 5.41) is 8.95. The van der Waals surface area contributed by atoms with Gasteiger partial charge in [-0.15, -0.1) is 0 Å². The molecule has 2 heterocycles.